The Kier molecular flexibility index (Phi) is 3.21. The highest BCUT2D eigenvalue weighted by molar-refractivity contribution is 5.48. The highest BCUT2D eigenvalue weighted by Gasteiger charge is 2.29. The topological polar surface area (TPSA) is 42.2 Å². The van der Waals surface area contributed by atoms with Gasteiger partial charge in [-0.25, -0.2) is 4.98 Å². The van der Waals surface area contributed by atoms with E-state index in [2.05, 4.69) is 22.9 Å². The summed E-state index contributed by atoms with van der Waals surface area (Å²) in [7, 11) is 0. The van der Waals surface area contributed by atoms with Crippen molar-refractivity contribution in [1.82, 2.24) is 4.98 Å². The van der Waals surface area contributed by atoms with Crippen molar-refractivity contribution in [3.8, 4) is 0 Å². The number of rotatable bonds is 5. The molecule has 0 amide bonds. The third-order valence-corrected chi connectivity index (χ3v) is 2.88. The van der Waals surface area contributed by atoms with Gasteiger partial charge in [-0.1, -0.05) is 6.07 Å². The van der Waals surface area contributed by atoms with Gasteiger partial charge in [0.25, 0.3) is 0 Å². The minimum Gasteiger partial charge on any atom is -0.354 e. The van der Waals surface area contributed by atoms with Crippen LogP contribution in [-0.4, -0.2) is 24.1 Å². The number of aromatic nitrogens is 1. The minimum absolute atomic E-state index is 0.695. The molecular weight excluding hydrogens is 186 g/mol. The fourth-order valence-corrected chi connectivity index (χ4v) is 2.01. The summed E-state index contributed by atoms with van der Waals surface area (Å²) < 4.78 is 0. The van der Waals surface area contributed by atoms with Crippen molar-refractivity contribution in [2.24, 2.45) is 5.73 Å². The van der Waals surface area contributed by atoms with E-state index < -0.39 is 0 Å². The average Bonchev–Trinajstić information content (AvgIpc) is 3.06. The van der Waals surface area contributed by atoms with E-state index in [4.69, 9.17) is 5.73 Å². The Hall–Kier alpha value is -1.09. The maximum Gasteiger partial charge on any atom is 0.131 e. The van der Waals surface area contributed by atoms with E-state index in [-0.39, 0.29) is 0 Å². The van der Waals surface area contributed by atoms with E-state index in [1.165, 1.54) is 18.4 Å². The number of hydrogen-bond acceptors (Lipinski definition) is 3. The Morgan fingerprint density at radius 3 is 2.93 bits per heavy atom. The molecule has 1 aromatic heterocycles. The lowest BCUT2D eigenvalue weighted by Crippen LogP contribution is -2.27. The molecule has 1 fully saturated rings. The summed E-state index contributed by atoms with van der Waals surface area (Å²) in [6.45, 7) is 3.93. The van der Waals surface area contributed by atoms with Gasteiger partial charge in [-0.3, -0.25) is 0 Å². The molecule has 1 saturated carbocycles. The minimum atomic E-state index is 0.695. The van der Waals surface area contributed by atoms with E-state index >= 15 is 0 Å². The van der Waals surface area contributed by atoms with Crippen LogP contribution in [0.15, 0.2) is 18.3 Å². The lowest BCUT2D eigenvalue weighted by Gasteiger charge is -2.23. The Bertz CT molecular complexity index is 320. The zero-order valence-electron chi connectivity index (χ0n) is 9.32. The van der Waals surface area contributed by atoms with Crippen LogP contribution in [0.25, 0.3) is 0 Å². The quantitative estimate of drug-likeness (QED) is 0.793. The standard InChI is InChI=1S/C12H19N3/c1-2-15(11-5-6-11)12-10(7-8-13)4-3-9-14-12/h3-4,9,11H,2,5-8,13H2,1H3. The maximum absolute atomic E-state index is 5.62. The van der Waals surface area contributed by atoms with Crippen LogP contribution in [-0.2, 0) is 6.42 Å². The average molecular weight is 205 g/mol. The highest BCUT2D eigenvalue weighted by Crippen LogP contribution is 2.31. The summed E-state index contributed by atoms with van der Waals surface area (Å²) in [6.07, 6.45) is 5.42. The second-order valence-corrected chi connectivity index (χ2v) is 4.04. The highest BCUT2D eigenvalue weighted by atomic mass is 15.2. The van der Waals surface area contributed by atoms with Crippen LogP contribution in [0.3, 0.4) is 0 Å². The molecule has 1 heterocycles. The second-order valence-electron chi connectivity index (χ2n) is 4.04. The fourth-order valence-electron chi connectivity index (χ4n) is 2.01. The van der Waals surface area contributed by atoms with Gasteiger partial charge in [0, 0.05) is 18.8 Å². The molecule has 0 spiro atoms. The van der Waals surface area contributed by atoms with Gasteiger partial charge in [0.05, 0.1) is 0 Å². The number of hydrogen-bond donors (Lipinski definition) is 1. The molecule has 0 aliphatic heterocycles. The smallest absolute Gasteiger partial charge is 0.131 e. The van der Waals surface area contributed by atoms with Gasteiger partial charge in [-0.15, -0.1) is 0 Å². The van der Waals surface area contributed by atoms with Gasteiger partial charge in [0.2, 0.25) is 0 Å². The van der Waals surface area contributed by atoms with Crippen LogP contribution in [0.1, 0.15) is 25.3 Å². The van der Waals surface area contributed by atoms with Gasteiger partial charge in [-0.2, -0.15) is 0 Å². The Morgan fingerprint density at radius 1 is 1.53 bits per heavy atom. The Morgan fingerprint density at radius 2 is 2.33 bits per heavy atom. The third kappa shape index (κ3) is 2.29. The van der Waals surface area contributed by atoms with Crippen LogP contribution in [0.4, 0.5) is 5.82 Å². The molecule has 2 N–H and O–H groups in total. The zero-order valence-corrected chi connectivity index (χ0v) is 9.32. The second kappa shape index (κ2) is 4.62. The molecule has 0 unspecified atom stereocenters. The monoisotopic (exact) mass is 205 g/mol. The van der Waals surface area contributed by atoms with Crippen LogP contribution < -0.4 is 10.6 Å². The first kappa shape index (κ1) is 10.4. The molecule has 0 radical (unpaired) electrons. The first-order valence-corrected chi connectivity index (χ1v) is 5.77. The lowest BCUT2D eigenvalue weighted by atomic mass is 10.1. The van der Waals surface area contributed by atoms with E-state index in [1.54, 1.807) is 0 Å². The van der Waals surface area contributed by atoms with Crippen LogP contribution in [0, 0.1) is 0 Å². The molecule has 0 aromatic carbocycles. The number of anilines is 1. The molecule has 1 aromatic rings. The van der Waals surface area contributed by atoms with E-state index in [1.807, 2.05) is 12.3 Å². The van der Waals surface area contributed by atoms with Crippen LogP contribution >= 0.6 is 0 Å². The van der Waals surface area contributed by atoms with Gasteiger partial charge in [-0.05, 0) is 44.4 Å². The fraction of sp³-hybridized carbons (Fsp3) is 0.583. The third-order valence-electron chi connectivity index (χ3n) is 2.88. The van der Waals surface area contributed by atoms with Crippen molar-refractivity contribution >= 4 is 5.82 Å². The normalized spacial score (nSPS) is 15.3. The number of nitrogens with two attached hydrogens (primary N) is 1. The molecule has 2 rings (SSSR count). The Labute approximate surface area is 91.3 Å². The molecule has 15 heavy (non-hydrogen) atoms. The van der Waals surface area contributed by atoms with Gasteiger partial charge in [0.15, 0.2) is 0 Å². The van der Waals surface area contributed by atoms with Gasteiger partial charge >= 0.3 is 0 Å². The molecular formula is C12H19N3. The predicted molar refractivity (Wildman–Crippen MR) is 63.0 cm³/mol. The molecule has 82 valence electrons. The van der Waals surface area contributed by atoms with Crippen LogP contribution in [0.2, 0.25) is 0 Å². The summed E-state index contributed by atoms with van der Waals surface area (Å²) in [5.74, 6) is 1.15. The summed E-state index contributed by atoms with van der Waals surface area (Å²) in [5.41, 5.74) is 6.90. The van der Waals surface area contributed by atoms with Crippen molar-refractivity contribution in [2.75, 3.05) is 18.0 Å². The van der Waals surface area contributed by atoms with E-state index in [0.29, 0.717) is 6.54 Å². The summed E-state index contributed by atoms with van der Waals surface area (Å²) in [4.78, 5) is 6.91. The molecule has 3 nitrogen and oxygen atoms in total. The largest absolute Gasteiger partial charge is 0.354 e. The summed E-state index contributed by atoms with van der Waals surface area (Å²) >= 11 is 0. The summed E-state index contributed by atoms with van der Waals surface area (Å²) in [6, 6.07) is 4.86. The van der Waals surface area contributed by atoms with Crippen LogP contribution in [0.5, 0.6) is 0 Å². The van der Waals surface area contributed by atoms with Gasteiger partial charge < -0.3 is 10.6 Å². The Balaban J connectivity index is 2.23. The summed E-state index contributed by atoms with van der Waals surface area (Å²) in [5, 5.41) is 0. The van der Waals surface area contributed by atoms with Crippen molar-refractivity contribution in [3.05, 3.63) is 23.9 Å². The van der Waals surface area contributed by atoms with Crippen molar-refractivity contribution in [2.45, 2.75) is 32.2 Å². The van der Waals surface area contributed by atoms with E-state index in [0.717, 1.165) is 24.8 Å². The molecule has 1 aliphatic carbocycles. The molecule has 3 heteroatoms. The first-order chi connectivity index (χ1) is 7.36. The van der Waals surface area contributed by atoms with Gasteiger partial charge in [0.1, 0.15) is 5.82 Å². The first-order valence-electron chi connectivity index (χ1n) is 5.77. The predicted octanol–water partition coefficient (Wildman–Crippen LogP) is 1.57. The number of pyridine rings is 1. The van der Waals surface area contributed by atoms with Crippen molar-refractivity contribution < 1.29 is 0 Å². The SMILES string of the molecule is CCN(c1ncccc1CCN)C1CC1. The van der Waals surface area contributed by atoms with E-state index in [9.17, 15) is 0 Å². The lowest BCUT2D eigenvalue weighted by molar-refractivity contribution is 0.794. The number of nitrogens with zero attached hydrogens (tertiary/aromatic N) is 2. The molecule has 0 atom stereocenters. The molecule has 0 bridgehead atoms. The molecule has 0 saturated heterocycles. The van der Waals surface area contributed by atoms with Crippen molar-refractivity contribution in [1.29, 1.82) is 0 Å². The van der Waals surface area contributed by atoms with Crippen molar-refractivity contribution in [3.63, 3.8) is 0 Å². The zero-order chi connectivity index (χ0) is 10.7. The maximum atomic E-state index is 5.62. The molecule has 1 aliphatic rings.